The fourth-order valence-electron chi connectivity index (χ4n) is 3.29. The van der Waals surface area contributed by atoms with Crippen LogP contribution in [0.4, 0.5) is 5.13 Å². The SMILES string of the molecule is O=C1[C@@H]2CCCN2[C@@H](c2ccc(Br)cc2)N1c1nccs1. The molecule has 0 unspecified atom stereocenters. The lowest BCUT2D eigenvalue weighted by Gasteiger charge is -2.28. The minimum atomic E-state index is -0.0238. The van der Waals surface area contributed by atoms with Gasteiger partial charge in [-0.2, -0.15) is 0 Å². The molecule has 2 saturated heterocycles. The molecule has 4 nitrogen and oxygen atoms in total. The van der Waals surface area contributed by atoms with Gasteiger partial charge in [0, 0.05) is 22.6 Å². The summed E-state index contributed by atoms with van der Waals surface area (Å²) in [6, 6.07) is 8.25. The number of thiazole rings is 1. The average molecular weight is 364 g/mol. The highest BCUT2D eigenvalue weighted by Crippen LogP contribution is 2.42. The van der Waals surface area contributed by atoms with E-state index in [0.29, 0.717) is 0 Å². The number of nitrogens with zero attached hydrogens (tertiary/aromatic N) is 3. The molecule has 0 aliphatic carbocycles. The molecule has 0 N–H and O–H groups in total. The number of carbonyl (C=O) groups excluding carboxylic acids is 1. The van der Waals surface area contributed by atoms with Gasteiger partial charge in [-0.05, 0) is 30.5 Å². The summed E-state index contributed by atoms with van der Waals surface area (Å²) in [5.41, 5.74) is 1.14. The molecule has 3 heterocycles. The van der Waals surface area contributed by atoms with Gasteiger partial charge >= 0.3 is 0 Å². The molecule has 2 fully saturated rings. The number of halogens is 1. The molecule has 6 heteroatoms. The van der Waals surface area contributed by atoms with Gasteiger partial charge in [-0.15, -0.1) is 11.3 Å². The number of benzene rings is 1. The first-order valence-electron chi connectivity index (χ1n) is 6.99. The Morgan fingerprint density at radius 3 is 2.81 bits per heavy atom. The third-order valence-corrected chi connectivity index (χ3v) is 5.47. The van der Waals surface area contributed by atoms with Gasteiger partial charge in [0.1, 0.15) is 6.17 Å². The number of aromatic nitrogens is 1. The highest BCUT2D eigenvalue weighted by molar-refractivity contribution is 9.10. The minimum absolute atomic E-state index is 0.0162. The Kier molecular flexibility index (Phi) is 3.32. The number of hydrogen-bond donors (Lipinski definition) is 0. The molecule has 1 amide bonds. The van der Waals surface area contributed by atoms with E-state index in [4.69, 9.17) is 0 Å². The monoisotopic (exact) mass is 363 g/mol. The molecule has 1 aromatic heterocycles. The average Bonchev–Trinajstić information content (AvgIpc) is 3.19. The van der Waals surface area contributed by atoms with E-state index in [-0.39, 0.29) is 18.1 Å². The smallest absolute Gasteiger partial charge is 0.247 e. The Balaban J connectivity index is 1.80. The van der Waals surface area contributed by atoms with Crippen molar-refractivity contribution in [1.82, 2.24) is 9.88 Å². The van der Waals surface area contributed by atoms with Crippen LogP contribution in [-0.2, 0) is 4.79 Å². The second-order valence-corrected chi connectivity index (χ2v) is 7.13. The fraction of sp³-hybridized carbons (Fsp3) is 0.333. The van der Waals surface area contributed by atoms with Crippen LogP contribution in [-0.4, -0.2) is 28.4 Å². The maximum Gasteiger partial charge on any atom is 0.247 e. The number of amides is 1. The van der Waals surface area contributed by atoms with Gasteiger partial charge in [0.25, 0.3) is 0 Å². The lowest BCUT2D eigenvalue weighted by molar-refractivity contribution is -0.119. The van der Waals surface area contributed by atoms with Crippen LogP contribution in [0.5, 0.6) is 0 Å². The molecule has 2 atom stereocenters. The van der Waals surface area contributed by atoms with Crippen molar-refractivity contribution in [2.75, 3.05) is 11.4 Å². The van der Waals surface area contributed by atoms with Crippen LogP contribution in [0.15, 0.2) is 40.3 Å². The van der Waals surface area contributed by atoms with Gasteiger partial charge in [-0.25, -0.2) is 4.98 Å². The minimum Gasteiger partial charge on any atom is -0.273 e. The van der Waals surface area contributed by atoms with E-state index in [2.05, 4.69) is 37.9 Å². The lowest BCUT2D eigenvalue weighted by Crippen LogP contribution is -2.32. The normalized spacial score (nSPS) is 25.6. The molecule has 0 radical (unpaired) electrons. The summed E-state index contributed by atoms with van der Waals surface area (Å²) in [7, 11) is 0. The second-order valence-electron chi connectivity index (χ2n) is 5.34. The molecule has 0 spiro atoms. The number of fused-ring (bicyclic) bond motifs is 1. The molecule has 2 aliphatic rings. The number of anilines is 1. The van der Waals surface area contributed by atoms with E-state index in [1.54, 1.807) is 6.20 Å². The highest BCUT2D eigenvalue weighted by Gasteiger charge is 2.50. The highest BCUT2D eigenvalue weighted by atomic mass is 79.9. The van der Waals surface area contributed by atoms with E-state index >= 15 is 0 Å². The number of rotatable bonds is 2. The molecule has 2 aliphatic heterocycles. The van der Waals surface area contributed by atoms with Crippen molar-refractivity contribution in [3.05, 3.63) is 45.9 Å². The van der Waals surface area contributed by atoms with Crippen molar-refractivity contribution in [1.29, 1.82) is 0 Å². The standard InChI is InChI=1S/C15H14BrN3OS/c16-11-5-3-10(4-6-11)13-18-8-1-2-12(18)14(20)19(13)15-17-7-9-21-15/h3-7,9,12-13H,1-2,8H2/t12-,13+/m0/s1. The van der Waals surface area contributed by atoms with Gasteiger partial charge in [0.15, 0.2) is 5.13 Å². The number of carbonyl (C=O) groups is 1. The Morgan fingerprint density at radius 1 is 1.29 bits per heavy atom. The summed E-state index contributed by atoms with van der Waals surface area (Å²) in [6.07, 6.45) is 3.78. The molecule has 108 valence electrons. The summed E-state index contributed by atoms with van der Waals surface area (Å²) in [5, 5.41) is 2.72. The van der Waals surface area contributed by atoms with Crippen molar-refractivity contribution < 1.29 is 4.79 Å². The summed E-state index contributed by atoms with van der Waals surface area (Å²) in [4.78, 5) is 21.3. The zero-order chi connectivity index (χ0) is 14.4. The largest absolute Gasteiger partial charge is 0.273 e. The summed E-state index contributed by atoms with van der Waals surface area (Å²) in [5.74, 6) is 0.190. The van der Waals surface area contributed by atoms with Gasteiger partial charge < -0.3 is 0 Å². The first-order valence-corrected chi connectivity index (χ1v) is 8.67. The predicted molar refractivity (Wildman–Crippen MR) is 86.2 cm³/mol. The third-order valence-electron chi connectivity index (χ3n) is 4.17. The molecular weight excluding hydrogens is 350 g/mol. The molecule has 2 aromatic rings. The van der Waals surface area contributed by atoms with Crippen molar-refractivity contribution in [3.8, 4) is 0 Å². The van der Waals surface area contributed by atoms with Crippen LogP contribution in [0.3, 0.4) is 0 Å². The van der Waals surface area contributed by atoms with E-state index in [0.717, 1.165) is 34.6 Å². The van der Waals surface area contributed by atoms with Gasteiger partial charge in [-0.1, -0.05) is 28.1 Å². The molecule has 0 bridgehead atoms. The van der Waals surface area contributed by atoms with Crippen molar-refractivity contribution in [2.24, 2.45) is 0 Å². The van der Waals surface area contributed by atoms with Crippen LogP contribution in [0.1, 0.15) is 24.6 Å². The Bertz CT molecular complexity index is 658. The molecule has 4 rings (SSSR count). The van der Waals surface area contributed by atoms with Crippen LogP contribution < -0.4 is 4.90 Å². The Hall–Kier alpha value is -1.24. The van der Waals surface area contributed by atoms with E-state index in [1.807, 2.05) is 22.4 Å². The van der Waals surface area contributed by atoms with Gasteiger partial charge in [0.2, 0.25) is 5.91 Å². The lowest BCUT2D eigenvalue weighted by atomic mass is 10.1. The second kappa shape index (κ2) is 5.19. The molecular formula is C15H14BrN3OS. The van der Waals surface area contributed by atoms with Gasteiger partial charge in [0.05, 0.1) is 6.04 Å². The third kappa shape index (κ3) is 2.13. The van der Waals surface area contributed by atoms with Crippen molar-refractivity contribution in [2.45, 2.75) is 25.0 Å². The first kappa shape index (κ1) is 13.4. The Morgan fingerprint density at radius 2 is 2.10 bits per heavy atom. The summed E-state index contributed by atoms with van der Waals surface area (Å²) >= 11 is 4.99. The fourth-order valence-corrected chi connectivity index (χ4v) is 4.22. The Labute approximate surface area is 135 Å². The van der Waals surface area contributed by atoms with Crippen LogP contribution >= 0.6 is 27.3 Å². The van der Waals surface area contributed by atoms with Crippen LogP contribution in [0, 0.1) is 0 Å². The first-order chi connectivity index (χ1) is 10.3. The number of hydrogen-bond acceptors (Lipinski definition) is 4. The zero-order valence-electron chi connectivity index (χ0n) is 11.3. The molecule has 1 aromatic carbocycles. The van der Waals surface area contributed by atoms with Gasteiger partial charge in [-0.3, -0.25) is 14.6 Å². The molecule has 0 saturated carbocycles. The zero-order valence-corrected chi connectivity index (χ0v) is 13.7. The summed E-state index contributed by atoms with van der Waals surface area (Å²) in [6.45, 7) is 0.971. The molecule has 21 heavy (non-hydrogen) atoms. The maximum absolute atomic E-state index is 12.8. The topological polar surface area (TPSA) is 36.4 Å². The predicted octanol–water partition coefficient (Wildman–Crippen LogP) is 3.42. The van der Waals surface area contributed by atoms with E-state index in [9.17, 15) is 4.79 Å². The van der Waals surface area contributed by atoms with E-state index in [1.165, 1.54) is 11.3 Å². The quantitative estimate of drug-likeness (QED) is 0.820. The summed E-state index contributed by atoms with van der Waals surface area (Å²) < 4.78 is 1.05. The van der Waals surface area contributed by atoms with Crippen LogP contribution in [0.25, 0.3) is 0 Å². The van der Waals surface area contributed by atoms with Crippen molar-refractivity contribution in [3.63, 3.8) is 0 Å². The maximum atomic E-state index is 12.8. The van der Waals surface area contributed by atoms with Crippen molar-refractivity contribution >= 4 is 38.3 Å². The van der Waals surface area contributed by atoms with E-state index < -0.39 is 0 Å². The van der Waals surface area contributed by atoms with Crippen LogP contribution in [0.2, 0.25) is 0 Å².